The van der Waals surface area contributed by atoms with Crippen molar-refractivity contribution in [2.45, 2.75) is 0 Å². The van der Waals surface area contributed by atoms with Crippen molar-refractivity contribution in [1.82, 2.24) is 57.7 Å². The second-order valence-electron chi connectivity index (χ2n) is 23.7. The minimum Gasteiger partial charge on any atom is -0.299 e. The van der Waals surface area contributed by atoms with E-state index in [-0.39, 0.29) is 0 Å². The van der Waals surface area contributed by atoms with Crippen LogP contribution in [0.1, 0.15) is 0 Å². The summed E-state index contributed by atoms with van der Waals surface area (Å²) in [7, 11) is -3.51. The predicted molar refractivity (Wildman–Crippen MR) is 373 cm³/mol. The van der Waals surface area contributed by atoms with Crippen LogP contribution in [0, 0.1) is 0 Å². The summed E-state index contributed by atoms with van der Waals surface area (Å²) in [4.78, 5) is 39.1. The van der Waals surface area contributed by atoms with Gasteiger partial charge in [0.25, 0.3) is 0 Å². The fourth-order valence-corrected chi connectivity index (χ4v) is 20.0. The molecule has 1 aliphatic heterocycles. The highest BCUT2D eigenvalue weighted by atomic mass is 28.3. The summed E-state index contributed by atoms with van der Waals surface area (Å²) in [6.07, 6.45) is 0. The van der Waals surface area contributed by atoms with E-state index in [9.17, 15) is 0 Å². The molecule has 0 spiro atoms. The van der Waals surface area contributed by atoms with Crippen LogP contribution < -0.4 is 21.0 Å². The van der Waals surface area contributed by atoms with Gasteiger partial charge in [-0.15, -0.1) is 0 Å². The largest absolute Gasteiger partial charge is 0.299 e. The Morgan fingerprint density at radius 3 is 0.870 bits per heavy atom. The molecule has 0 atom stereocenters. The molecule has 428 valence electrons. The molecule has 19 aromatic rings. The van der Waals surface area contributed by atoms with E-state index in [1.54, 1.807) is 0 Å². The number of imidazole rings is 1. The van der Waals surface area contributed by atoms with Gasteiger partial charge in [0.05, 0.1) is 55.2 Å². The normalized spacial score (nSPS) is 12.9. The lowest BCUT2D eigenvalue weighted by Crippen LogP contribution is -2.73. The zero-order chi connectivity index (χ0) is 60.2. The van der Waals surface area contributed by atoms with Crippen LogP contribution in [-0.4, -0.2) is 65.8 Å². The first-order valence-corrected chi connectivity index (χ1v) is 32.9. The first kappa shape index (κ1) is 50.5. The average molecular weight is 1190 g/mol. The van der Waals surface area contributed by atoms with Crippen LogP contribution >= 0.6 is 0 Å². The van der Waals surface area contributed by atoms with E-state index in [1.165, 1.54) is 5.19 Å². The Kier molecular flexibility index (Phi) is 10.6. The third-order valence-corrected chi connectivity index (χ3v) is 23.5. The number of fused-ring (bicyclic) bond motifs is 17. The highest BCUT2D eigenvalue weighted by Crippen LogP contribution is 2.38. The number of benzene rings is 12. The summed E-state index contributed by atoms with van der Waals surface area (Å²) in [5.74, 6) is 3.13. The monoisotopic (exact) mass is 1190 g/mol. The van der Waals surface area contributed by atoms with Crippen LogP contribution in [-0.2, 0) is 0 Å². The molecule has 0 saturated carbocycles. The topological polar surface area (TPSA) is 115 Å². The van der Waals surface area contributed by atoms with Crippen molar-refractivity contribution >= 4 is 127 Å². The number of hydrogen-bond acceptors (Lipinski definition) is 7. The molecule has 13 heteroatoms. The average Bonchev–Trinajstić information content (AvgIpc) is 1.52. The second-order valence-corrected chi connectivity index (χ2v) is 27.3. The molecule has 0 radical (unpaired) electrons. The summed E-state index contributed by atoms with van der Waals surface area (Å²) >= 11 is 0. The molecule has 1 aliphatic rings. The molecule has 0 bridgehead atoms. The fraction of sp³-hybridized carbons (Fsp3) is 0. The Bertz CT molecular complexity index is 5530. The molecule has 12 aromatic carbocycles. The van der Waals surface area contributed by atoms with Crippen LogP contribution in [0.4, 0.5) is 0 Å². The van der Waals surface area contributed by atoms with Gasteiger partial charge >= 0.3 is 0 Å². The Morgan fingerprint density at radius 1 is 0.228 bits per heavy atom. The fourth-order valence-electron chi connectivity index (χ4n) is 15.1. The van der Waals surface area contributed by atoms with E-state index in [0.717, 1.165) is 131 Å². The smallest absolute Gasteiger partial charge is 0.240 e. The van der Waals surface area contributed by atoms with Crippen LogP contribution in [0.2, 0.25) is 0 Å². The number of nitrogens with zero attached hydrogens (tertiary/aromatic N) is 12. The van der Waals surface area contributed by atoms with Gasteiger partial charge in [-0.1, -0.05) is 224 Å². The Labute approximate surface area is 525 Å². The first-order chi connectivity index (χ1) is 45.6. The number of hydrogen-bond donors (Lipinski definition) is 0. The standard InChI is InChI=1S/C79H48N12Si/c1-10-36-62-53(27-1)54-28-2-11-37-63(54)87(62)75-81-73(82-76(85-75)88-64-38-12-3-29-55(64)56-30-4-13-39-65(56)88)49-23-21-25-51(47-49)92(72-46-20-19-45-71(72)91-70-44-18-9-35-61(70)80-79(91)92)52-26-22-24-50(48-52)74-83-77(89-66-40-14-5-31-57(66)58-32-6-15-41-67(58)89)86-78(84-74)90-68-42-16-7-33-59(68)60-34-8-17-43-69(60)90/h1-48H. The van der Waals surface area contributed by atoms with Crippen molar-refractivity contribution < 1.29 is 0 Å². The molecule has 0 saturated heterocycles. The van der Waals surface area contributed by atoms with E-state index >= 15 is 0 Å². The maximum Gasteiger partial charge on any atom is 0.240 e. The zero-order valence-electron chi connectivity index (χ0n) is 49.1. The van der Waals surface area contributed by atoms with Crippen molar-refractivity contribution in [1.29, 1.82) is 0 Å². The SMILES string of the molecule is c1cc(-c2nc(-n3c4ccccc4c4ccccc43)nc(-n3c4ccccc4c4ccccc43)n2)cc([Si]2(c3cccc(-c4nc(-n5c6ccccc6c6ccccc65)nc(-n5c6ccccc6c6ccccc65)n4)c3)c3ccccc3-n3c2nc2ccccc23)c1. The van der Waals surface area contributed by atoms with Gasteiger partial charge in [0.2, 0.25) is 31.9 Å². The Balaban J connectivity index is 0.849. The highest BCUT2D eigenvalue weighted by Gasteiger charge is 2.52. The zero-order valence-corrected chi connectivity index (χ0v) is 50.1. The lowest BCUT2D eigenvalue weighted by Gasteiger charge is -2.29. The minimum atomic E-state index is -3.51. The summed E-state index contributed by atoms with van der Waals surface area (Å²) in [5.41, 5.74) is 13.8. The predicted octanol–water partition coefficient (Wildman–Crippen LogP) is 14.8. The van der Waals surface area contributed by atoms with Crippen molar-refractivity contribution in [3.05, 3.63) is 291 Å². The maximum absolute atomic E-state index is 5.77. The lowest BCUT2D eigenvalue weighted by molar-refractivity contribution is 0.892. The van der Waals surface area contributed by atoms with Crippen molar-refractivity contribution in [3.63, 3.8) is 0 Å². The highest BCUT2D eigenvalue weighted by molar-refractivity contribution is 7.20. The molecule has 8 heterocycles. The molecular formula is C79H48N12Si. The van der Waals surface area contributed by atoms with Gasteiger partial charge in [0, 0.05) is 59.9 Å². The molecule has 0 unspecified atom stereocenters. The lowest BCUT2D eigenvalue weighted by atomic mass is 10.2. The van der Waals surface area contributed by atoms with Gasteiger partial charge in [-0.25, -0.2) is 4.98 Å². The third-order valence-electron chi connectivity index (χ3n) is 18.9. The number of aromatic nitrogens is 12. The van der Waals surface area contributed by atoms with Crippen LogP contribution in [0.25, 0.3) is 151 Å². The van der Waals surface area contributed by atoms with E-state index in [0.29, 0.717) is 35.4 Å². The van der Waals surface area contributed by atoms with Gasteiger partial charge < -0.3 is 0 Å². The molecule has 0 N–H and O–H groups in total. The van der Waals surface area contributed by atoms with E-state index in [4.69, 9.17) is 34.9 Å². The Hall–Kier alpha value is -12.5. The van der Waals surface area contributed by atoms with Crippen LogP contribution in [0.5, 0.6) is 0 Å². The maximum atomic E-state index is 5.77. The van der Waals surface area contributed by atoms with Gasteiger partial charge in [0.1, 0.15) is 5.45 Å². The number of rotatable bonds is 8. The summed E-state index contributed by atoms with van der Waals surface area (Å²) in [5, 5.41) is 12.4. The third kappa shape index (κ3) is 7.07. The van der Waals surface area contributed by atoms with E-state index in [2.05, 4.69) is 314 Å². The van der Waals surface area contributed by atoms with E-state index in [1.807, 2.05) is 0 Å². The molecule has 0 fully saturated rings. The minimum absolute atomic E-state index is 0.514. The van der Waals surface area contributed by atoms with Gasteiger partial charge in [-0.05, 0) is 82.3 Å². The second kappa shape index (κ2) is 19.3. The van der Waals surface area contributed by atoms with Gasteiger partial charge in [0.15, 0.2) is 11.6 Å². The molecule has 20 rings (SSSR count). The molecule has 7 aromatic heterocycles. The summed E-state index contributed by atoms with van der Waals surface area (Å²) < 4.78 is 11.2. The van der Waals surface area contributed by atoms with Gasteiger partial charge in [-0.2, -0.15) is 29.9 Å². The summed E-state index contributed by atoms with van der Waals surface area (Å²) in [6, 6.07) is 103. The van der Waals surface area contributed by atoms with E-state index < -0.39 is 8.07 Å². The molecule has 0 amide bonds. The quantitative estimate of drug-likeness (QED) is 0.139. The van der Waals surface area contributed by atoms with Crippen LogP contribution in [0.3, 0.4) is 0 Å². The van der Waals surface area contributed by atoms with Gasteiger partial charge in [-0.3, -0.25) is 22.8 Å². The Morgan fingerprint density at radius 2 is 0.522 bits per heavy atom. The molecule has 0 aliphatic carbocycles. The summed E-state index contributed by atoms with van der Waals surface area (Å²) in [6.45, 7) is 0. The molecular weight excluding hydrogens is 1150 g/mol. The molecule has 12 nitrogen and oxygen atoms in total. The first-order valence-electron chi connectivity index (χ1n) is 30.9. The van der Waals surface area contributed by atoms with Crippen molar-refractivity contribution in [2.75, 3.05) is 0 Å². The van der Waals surface area contributed by atoms with Crippen LogP contribution in [0.15, 0.2) is 291 Å². The number of para-hydroxylation sites is 11. The van der Waals surface area contributed by atoms with Crippen molar-refractivity contribution in [3.8, 4) is 52.3 Å². The van der Waals surface area contributed by atoms with Crippen molar-refractivity contribution in [2.24, 2.45) is 0 Å². The molecule has 92 heavy (non-hydrogen) atoms.